The number of aliphatic hydroxyl groups excluding tert-OH is 17. The third-order valence-corrected chi connectivity index (χ3v) is 23.2. The molecule has 0 amide bonds. The van der Waals surface area contributed by atoms with Gasteiger partial charge in [-0.3, -0.25) is 0 Å². The van der Waals surface area contributed by atoms with Crippen molar-refractivity contribution in [1.82, 2.24) is 0 Å². The highest BCUT2D eigenvalue weighted by Gasteiger charge is 2.68. The SMILES string of the molecule is CC(CCC(C1OC(COC2OC(CO)C(O)C(O)C2O)C(O)C(O)C1OC1OC(CO)C(O)C(O)C1O)C(C)(C)O)C1CCC2(C)C3CC=C4C(CCC(OC5OC(CO)C(OC6OC(CO)C(O)C(O)C6O)C(O)C5O)C4(C)C)C3(C)CCC12C. The lowest BCUT2D eigenvalue weighted by Crippen LogP contribution is -2.67. The van der Waals surface area contributed by atoms with E-state index in [1.54, 1.807) is 13.8 Å². The topological polar surface area (TPSA) is 447 Å². The largest absolute Gasteiger partial charge is 0.394 e. The van der Waals surface area contributed by atoms with Crippen LogP contribution in [0.2, 0.25) is 0 Å². The van der Waals surface area contributed by atoms with Crippen molar-refractivity contribution in [3.63, 3.8) is 0 Å². The quantitative estimate of drug-likeness (QED) is 0.0547. The van der Waals surface area contributed by atoms with Gasteiger partial charge >= 0.3 is 0 Å². The second-order valence-corrected chi connectivity index (χ2v) is 28.7. The molecule has 27 nitrogen and oxygen atoms in total. The normalized spacial score (nSPS) is 51.8. The second-order valence-electron chi connectivity index (χ2n) is 28.7. The van der Waals surface area contributed by atoms with Crippen molar-refractivity contribution < 1.29 is 135 Å². The first-order valence-corrected chi connectivity index (χ1v) is 31.3. The predicted molar refractivity (Wildman–Crippen MR) is 297 cm³/mol. The molecule has 0 aromatic rings. The van der Waals surface area contributed by atoms with Gasteiger partial charge in [0.2, 0.25) is 0 Å². The molecule has 5 aliphatic heterocycles. The molecule has 27 heteroatoms. The molecule has 3 saturated carbocycles. The first-order chi connectivity index (χ1) is 40.7. The summed E-state index contributed by atoms with van der Waals surface area (Å²) in [5.41, 5.74) is -1.25. The highest BCUT2D eigenvalue weighted by molar-refractivity contribution is 5.30. The minimum atomic E-state index is -1.90. The third-order valence-electron chi connectivity index (χ3n) is 23.2. The maximum Gasteiger partial charge on any atom is 0.187 e. The molecule has 9 rings (SSSR count). The standard InChI is InChI=1S/C60H102O27/c1-24(9-10-28(57(4,5)78)49-51(87-55-47(76)42(71)38(67)31(21-63)83-55)43(72)39(68)33(80-49)23-79-52-45(74)40(69)36(65)29(19-61)81-52)25-15-16-60(8)34-13-11-26-27(58(34,6)17-18-59(25,60)7)12-14-35(56(26,2)3)85-53-48(77)44(73)50(32(22-64)84-53)86-54-46(75)41(70)37(66)30(20-62)82-54/h11,24-25,27-55,61-78H,9-10,12-23H2,1-8H3. The van der Waals surface area contributed by atoms with Crippen LogP contribution in [0.4, 0.5) is 0 Å². The van der Waals surface area contributed by atoms with Crippen LogP contribution in [0, 0.1) is 51.2 Å². The van der Waals surface area contributed by atoms with Gasteiger partial charge in [-0.1, -0.05) is 53.2 Å². The molecule has 0 aromatic heterocycles. The number of rotatable bonds is 19. The van der Waals surface area contributed by atoms with E-state index >= 15 is 0 Å². The summed E-state index contributed by atoms with van der Waals surface area (Å²) in [5, 5.41) is 194. The Bertz CT molecular complexity index is 2290. The lowest BCUT2D eigenvalue weighted by atomic mass is 9.39. The monoisotopic (exact) mass is 1250 g/mol. The van der Waals surface area contributed by atoms with Crippen molar-refractivity contribution in [3.8, 4) is 0 Å². The van der Waals surface area contributed by atoms with Gasteiger partial charge in [0.15, 0.2) is 25.2 Å². The van der Waals surface area contributed by atoms with Crippen LogP contribution in [0.1, 0.15) is 113 Å². The number of ether oxygens (including phenoxy) is 9. The molecular formula is C60H102O27. The molecule has 5 heterocycles. The molecule has 9 aliphatic rings. The molecule has 0 bridgehead atoms. The summed E-state index contributed by atoms with van der Waals surface area (Å²) in [6.45, 7) is 13.4. The summed E-state index contributed by atoms with van der Waals surface area (Å²) in [6, 6.07) is 0. The second kappa shape index (κ2) is 26.8. The fourth-order valence-corrected chi connectivity index (χ4v) is 17.6. The van der Waals surface area contributed by atoms with Crippen LogP contribution in [0.3, 0.4) is 0 Å². The van der Waals surface area contributed by atoms with E-state index in [1.807, 2.05) is 0 Å². The molecule has 5 saturated heterocycles. The average Bonchev–Trinajstić information content (AvgIpc) is 1.68. The van der Waals surface area contributed by atoms with Gasteiger partial charge in [-0.2, -0.15) is 0 Å². The summed E-state index contributed by atoms with van der Waals surface area (Å²) in [5.74, 6) is -0.116. The fraction of sp³-hybridized carbons (Fsp3) is 0.967. The van der Waals surface area contributed by atoms with Crippen LogP contribution in [-0.2, 0) is 42.6 Å². The number of allylic oxidation sites excluding steroid dienone is 1. The van der Waals surface area contributed by atoms with E-state index in [9.17, 15) is 91.9 Å². The predicted octanol–water partition coefficient (Wildman–Crippen LogP) is -4.10. The summed E-state index contributed by atoms with van der Waals surface area (Å²) in [4.78, 5) is 0. The van der Waals surface area contributed by atoms with Crippen molar-refractivity contribution in [3.05, 3.63) is 11.6 Å². The van der Waals surface area contributed by atoms with Gasteiger partial charge in [0, 0.05) is 11.3 Å². The summed E-state index contributed by atoms with van der Waals surface area (Å²) in [6.07, 6.45) is -31.9. The highest BCUT2D eigenvalue weighted by Crippen LogP contribution is 2.75. The molecule has 504 valence electrons. The van der Waals surface area contributed by atoms with Crippen molar-refractivity contribution in [1.29, 1.82) is 0 Å². The zero-order valence-corrected chi connectivity index (χ0v) is 51.1. The van der Waals surface area contributed by atoms with Gasteiger partial charge < -0.3 is 135 Å². The van der Waals surface area contributed by atoms with Crippen molar-refractivity contribution in [2.75, 3.05) is 33.0 Å². The summed E-state index contributed by atoms with van der Waals surface area (Å²) in [7, 11) is 0. The Morgan fingerprint density at radius 3 is 1.52 bits per heavy atom. The van der Waals surface area contributed by atoms with Crippen LogP contribution in [0.5, 0.6) is 0 Å². The number of hydrogen-bond acceptors (Lipinski definition) is 27. The molecule has 18 N–H and O–H groups in total. The zero-order valence-electron chi connectivity index (χ0n) is 51.1. The molecule has 87 heavy (non-hydrogen) atoms. The number of aliphatic hydroxyl groups is 18. The van der Waals surface area contributed by atoms with Gasteiger partial charge in [0.05, 0.1) is 50.8 Å². The van der Waals surface area contributed by atoms with Crippen molar-refractivity contribution >= 4 is 0 Å². The van der Waals surface area contributed by atoms with E-state index < -0.39 is 209 Å². The molecule has 34 unspecified atom stereocenters. The Morgan fingerprint density at radius 2 is 0.977 bits per heavy atom. The molecular weight excluding hydrogens is 1150 g/mol. The Morgan fingerprint density at radius 1 is 0.506 bits per heavy atom. The summed E-state index contributed by atoms with van der Waals surface area (Å²) >= 11 is 0. The maximum atomic E-state index is 12.2. The third kappa shape index (κ3) is 12.6. The van der Waals surface area contributed by atoms with Gasteiger partial charge in [-0.25, -0.2) is 0 Å². The Hall–Kier alpha value is -1.34. The first-order valence-electron chi connectivity index (χ1n) is 31.3. The highest BCUT2D eigenvalue weighted by atomic mass is 16.8. The smallest absolute Gasteiger partial charge is 0.187 e. The lowest BCUT2D eigenvalue weighted by molar-refractivity contribution is -0.365. The number of fused-ring (bicyclic) bond motifs is 5. The fourth-order valence-electron chi connectivity index (χ4n) is 17.6. The average molecular weight is 1260 g/mol. The molecule has 4 aliphatic carbocycles. The lowest BCUT2D eigenvalue weighted by Gasteiger charge is -2.66. The minimum absolute atomic E-state index is 0.0670. The molecule has 34 atom stereocenters. The van der Waals surface area contributed by atoms with Crippen LogP contribution >= 0.6 is 0 Å². The van der Waals surface area contributed by atoms with Gasteiger partial charge in [-0.15, -0.1) is 0 Å². The van der Waals surface area contributed by atoms with Crippen LogP contribution in [-0.4, -0.2) is 290 Å². The Labute approximate surface area is 507 Å². The van der Waals surface area contributed by atoms with E-state index in [-0.39, 0.29) is 40.4 Å². The first kappa shape index (κ1) is 70.0. The van der Waals surface area contributed by atoms with E-state index in [0.29, 0.717) is 18.8 Å². The van der Waals surface area contributed by atoms with E-state index in [1.165, 1.54) is 5.57 Å². The zero-order chi connectivity index (χ0) is 63.9. The molecule has 0 aromatic carbocycles. The van der Waals surface area contributed by atoms with E-state index in [4.69, 9.17) is 42.6 Å². The number of hydrogen-bond donors (Lipinski definition) is 18. The van der Waals surface area contributed by atoms with Crippen molar-refractivity contribution in [2.45, 2.75) is 278 Å². The van der Waals surface area contributed by atoms with E-state index in [0.717, 1.165) is 38.5 Å². The van der Waals surface area contributed by atoms with Crippen molar-refractivity contribution in [2.24, 2.45) is 51.2 Å². The van der Waals surface area contributed by atoms with Gasteiger partial charge in [0.25, 0.3) is 0 Å². The molecule has 8 fully saturated rings. The van der Waals surface area contributed by atoms with Crippen LogP contribution in [0.25, 0.3) is 0 Å². The minimum Gasteiger partial charge on any atom is -0.394 e. The molecule has 0 spiro atoms. The molecule has 0 radical (unpaired) electrons. The van der Waals surface area contributed by atoms with Gasteiger partial charge in [-0.05, 0) is 112 Å². The van der Waals surface area contributed by atoms with Gasteiger partial charge in [0.1, 0.15) is 122 Å². The van der Waals surface area contributed by atoms with Crippen LogP contribution < -0.4 is 0 Å². The Balaban J connectivity index is 0.894. The van der Waals surface area contributed by atoms with E-state index in [2.05, 4.69) is 47.6 Å². The Kier molecular flexibility index (Phi) is 21.6. The maximum absolute atomic E-state index is 12.2. The van der Waals surface area contributed by atoms with Crippen LogP contribution in [0.15, 0.2) is 11.6 Å². The summed E-state index contributed by atoms with van der Waals surface area (Å²) < 4.78 is 53.8.